The molecule has 0 radical (unpaired) electrons. The van der Waals surface area contributed by atoms with Crippen molar-refractivity contribution in [2.45, 2.75) is 38.1 Å². The first-order valence-electron chi connectivity index (χ1n) is 10.6. The molecule has 0 saturated carbocycles. The van der Waals surface area contributed by atoms with Crippen LogP contribution in [0.15, 0.2) is 48.5 Å². The van der Waals surface area contributed by atoms with Crippen molar-refractivity contribution >= 4 is 17.5 Å². The molecule has 158 valence electrons. The largest absolute Gasteiger partial charge is 0.497 e. The number of methoxy groups -OCH3 is 1. The van der Waals surface area contributed by atoms with Crippen LogP contribution in [-0.4, -0.2) is 43.5 Å². The molecule has 2 aromatic carbocycles. The minimum Gasteiger partial charge on any atom is -0.497 e. The lowest BCUT2D eigenvalue weighted by molar-refractivity contribution is -0.133. The highest BCUT2D eigenvalue weighted by molar-refractivity contribution is 5.98. The summed E-state index contributed by atoms with van der Waals surface area (Å²) in [7, 11) is 1.65. The van der Waals surface area contributed by atoms with E-state index in [1.807, 2.05) is 41.3 Å². The highest BCUT2D eigenvalue weighted by atomic mass is 16.5. The van der Waals surface area contributed by atoms with Crippen molar-refractivity contribution in [3.05, 3.63) is 54.1 Å². The summed E-state index contributed by atoms with van der Waals surface area (Å²) in [5, 5.41) is 0. The van der Waals surface area contributed by atoms with E-state index >= 15 is 0 Å². The lowest BCUT2D eigenvalue weighted by atomic mass is 10.0. The molecule has 6 nitrogen and oxygen atoms in total. The number of carbonyl (C=O) groups is 2. The summed E-state index contributed by atoms with van der Waals surface area (Å²) in [5.74, 6) is 1.49. The van der Waals surface area contributed by atoms with Crippen LogP contribution in [0.4, 0.5) is 5.69 Å². The number of likely N-dealkylation sites (tertiary alicyclic amines) is 1. The maximum absolute atomic E-state index is 13.3. The molecule has 2 amide bonds. The van der Waals surface area contributed by atoms with Crippen molar-refractivity contribution in [3.63, 3.8) is 0 Å². The summed E-state index contributed by atoms with van der Waals surface area (Å²) in [5.41, 5.74) is 1.88. The fourth-order valence-electron chi connectivity index (χ4n) is 4.33. The van der Waals surface area contributed by atoms with Gasteiger partial charge in [0.05, 0.1) is 18.8 Å². The molecule has 2 aromatic rings. The number of benzene rings is 2. The number of para-hydroxylation sites is 2. The third-order valence-electron chi connectivity index (χ3n) is 5.93. The van der Waals surface area contributed by atoms with Crippen LogP contribution in [0, 0.1) is 0 Å². The number of carbonyl (C=O) groups excluding carboxylic acids is 2. The van der Waals surface area contributed by atoms with Gasteiger partial charge >= 0.3 is 0 Å². The second-order valence-electron chi connectivity index (χ2n) is 7.78. The number of rotatable bonds is 5. The van der Waals surface area contributed by atoms with Crippen LogP contribution >= 0.6 is 0 Å². The van der Waals surface area contributed by atoms with E-state index < -0.39 is 0 Å². The topological polar surface area (TPSA) is 59.1 Å². The second-order valence-corrected chi connectivity index (χ2v) is 7.78. The molecule has 0 N–H and O–H groups in total. The molecule has 1 atom stereocenters. The highest BCUT2D eigenvalue weighted by Crippen LogP contribution is 2.33. The first kappa shape index (κ1) is 20.3. The number of ether oxygens (including phenoxy) is 2. The molecular formula is C24H28N2O4. The molecule has 0 spiro atoms. The maximum Gasteiger partial charge on any atom is 0.265 e. The Morgan fingerprint density at radius 3 is 2.70 bits per heavy atom. The Bertz CT molecular complexity index is 896. The van der Waals surface area contributed by atoms with Crippen LogP contribution in [-0.2, 0) is 9.59 Å². The van der Waals surface area contributed by atoms with Gasteiger partial charge in [0.25, 0.3) is 5.91 Å². The number of fused-ring (bicyclic) bond motifs is 1. The Kier molecular flexibility index (Phi) is 6.21. The summed E-state index contributed by atoms with van der Waals surface area (Å²) in [4.78, 5) is 29.3. The zero-order valence-electron chi connectivity index (χ0n) is 17.4. The molecule has 6 heteroatoms. The van der Waals surface area contributed by atoms with E-state index in [1.54, 1.807) is 12.0 Å². The third kappa shape index (κ3) is 4.27. The molecule has 2 aliphatic rings. The van der Waals surface area contributed by atoms with Gasteiger partial charge < -0.3 is 19.3 Å². The van der Waals surface area contributed by atoms with E-state index in [1.165, 1.54) is 0 Å². The highest BCUT2D eigenvalue weighted by Gasteiger charge is 2.29. The maximum atomic E-state index is 13.3. The SMILES string of the molecule is COc1ccc(C2CCCCCN2C(=O)CCN2C(=O)COc3ccccc32)cc1. The van der Waals surface area contributed by atoms with Gasteiger partial charge in [-0.2, -0.15) is 0 Å². The zero-order chi connectivity index (χ0) is 20.9. The van der Waals surface area contributed by atoms with E-state index in [0.717, 1.165) is 49.2 Å². The van der Waals surface area contributed by atoms with Crippen LogP contribution in [0.25, 0.3) is 0 Å². The first-order chi connectivity index (χ1) is 14.7. The Morgan fingerprint density at radius 2 is 1.90 bits per heavy atom. The van der Waals surface area contributed by atoms with Gasteiger partial charge in [-0.3, -0.25) is 9.59 Å². The standard InChI is InChI=1S/C24H28N2O4/c1-29-19-12-10-18(11-13-19)20-7-3-2-6-15-25(20)23(27)14-16-26-21-8-4-5-9-22(21)30-17-24(26)28/h4-5,8-13,20H,2-3,6-7,14-17H2,1H3. The average molecular weight is 408 g/mol. The van der Waals surface area contributed by atoms with Crippen molar-refractivity contribution < 1.29 is 19.1 Å². The van der Waals surface area contributed by atoms with E-state index in [4.69, 9.17) is 9.47 Å². The van der Waals surface area contributed by atoms with Crippen LogP contribution in [0.5, 0.6) is 11.5 Å². The van der Waals surface area contributed by atoms with Gasteiger partial charge in [-0.05, 0) is 42.7 Å². The summed E-state index contributed by atoms with van der Waals surface area (Å²) in [6.07, 6.45) is 4.50. The second kappa shape index (κ2) is 9.20. The van der Waals surface area contributed by atoms with Gasteiger partial charge in [0.2, 0.25) is 5.91 Å². The van der Waals surface area contributed by atoms with Crippen molar-refractivity contribution in [3.8, 4) is 11.5 Å². The summed E-state index contributed by atoms with van der Waals surface area (Å²) < 4.78 is 10.8. The minimum atomic E-state index is -0.107. The molecule has 2 aliphatic heterocycles. The number of nitrogens with zero attached hydrogens (tertiary/aromatic N) is 2. The number of amides is 2. The van der Waals surface area contributed by atoms with Crippen molar-refractivity contribution in [1.29, 1.82) is 0 Å². The van der Waals surface area contributed by atoms with Gasteiger partial charge in [0.1, 0.15) is 11.5 Å². The van der Waals surface area contributed by atoms with E-state index in [-0.39, 0.29) is 24.5 Å². The van der Waals surface area contributed by atoms with Crippen molar-refractivity contribution in [1.82, 2.24) is 4.90 Å². The lowest BCUT2D eigenvalue weighted by Gasteiger charge is -2.33. The molecule has 1 saturated heterocycles. The van der Waals surface area contributed by atoms with E-state index in [9.17, 15) is 9.59 Å². The smallest absolute Gasteiger partial charge is 0.265 e. The molecule has 0 bridgehead atoms. The molecular weight excluding hydrogens is 380 g/mol. The van der Waals surface area contributed by atoms with Gasteiger partial charge in [-0.15, -0.1) is 0 Å². The van der Waals surface area contributed by atoms with Crippen LogP contribution in [0.1, 0.15) is 43.7 Å². The molecule has 0 aromatic heterocycles. The number of anilines is 1. The van der Waals surface area contributed by atoms with Gasteiger partial charge in [0, 0.05) is 19.5 Å². The first-order valence-corrected chi connectivity index (χ1v) is 10.6. The molecule has 1 fully saturated rings. The fraction of sp³-hybridized carbons (Fsp3) is 0.417. The van der Waals surface area contributed by atoms with Gasteiger partial charge in [0.15, 0.2) is 6.61 Å². The molecule has 0 aliphatic carbocycles. The average Bonchev–Trinajstić information content (AvgIpc) is 3.04. The van der Waals surface area contributed by atoms with Gasteiger partial charge in [-0.1, -0.05) is 37.1 Å². The summed E-state index contributed by atoms with van der Waals surface area (Å²) in [6.45, 7) is 1.14. The predicted molar refractivity (Wildman–Crippen MR) is 115 cm³/mol. The van der Waals surface area contributed by atoms with Crippen LogP contribution in [0.3, 0.4) is 0 Å². The normalized spacial score (nSPS) is 19.0. The molecule has 4 rings (SSSR count). The summed E-state index contributed by atoms with van der Waals surface area (Å²) >= 11 is 0. The minimum absolute atomic E-state index is 0.0173. The Hall–Kier alpha value is -3.02. The third-order valence-corrected chi connectivity index (χ3v) is 5.93. The van der Waals surface area contributed by atoms with Crippen LogP contribution < -0.4 is 14.4 Å². The zero-order valence-corrected chi connectivity index (χ0v) is 17.4. The number of hydrogen-bond donors (Lipinski definition) is 0. The Balaban J connectivity index is 1.48. The van der Waals surface area contributed by atoms with E-state index in [2.05, 4.69) is 12.1 Å². The molecule has 30 heavy (non-hydrogen) atoms. The van der Waals surface area contributed by atoms with Crippen molar-refractivity contribution in [2.75, 3.05) is 31.7 Å². The quantitative estimate of drug-likeness (QED) is 0.752. The summed E-state index contributed by atoms with van der Waals surface area (Å²) in [6, 6.07) is 15.6. The monoisotopic (exact) mass is 408 g/mol. The van der Waals surface area contributed by atoms with Gasteiger partial charge in [-0.25, -0.2) is 0 Å². The Morgan fingerprint density at radius 1 is 1.10 bits per heavy atom. The molecule has 2 heterocycles. The molecule has 1 unspecified atom stereocenters. The Labute approximate surface area is 177 Å². The lowest BCUT2D eigenvalue weighted by Crippen LogP contribution is -2.42. The predicted octanol–water partition coefficient (Wildman–Crippen LogP) is 3.95. The fourth-order valence-corrected chi connectivity index (χ4v) is 4.33. The van der Waals surface area contributed by atoms with Crippen LogP contribution in [0.2, 0.25) is 0 Å². The van der Waals surface area contributed by atoms with E-state index in [0.29, 0.717) is 18.7 Å². The number of hydrogen-bond acceptors (Lipinski definition) is 4. The van der Waals surface area contributed by atoms with Crippen molar-refractivity contribution in [2.24, 2.45) is 0 Å².